The number of rotatable bonds is 10. The number of benzene rings is 2. The molecule has 0 saturated heterocycles. The van der Waals surface area contributed by atoms with E-state index in [0.29, 0.717) is 24.6 Å². The smallest absolute Gasteiger partial charge is 0.333 e. The van der Waals surface area contributed by atoms with Crippen molar-refractivity contribution in [2.24, 2.45) is 0 Å². The van der Waals surface area contributed by atoms with Gasteiger partial charge in [-0.3, -0.25) is 4.79 Å². The zero-order valence-corrected chi connectivity index (χ0v) is 16.8. The molecule has 2 aromatic carbocycles. The number of nitrogens with zero attached hydrogens (tertiary/aromatic N) is 1. The fraction of sp³-hybridized carbons (Fsp3) is 0.364. The summed E-state index contributed by atoms with van der Waals surface area (Å²) in [5.74, 6) is -1.23. The lowest BCUT2D eigenvalue weighted by molar-refractivity contribution is -0.150. The summed E-state index contributed by atoms with van der Waals surface area (Å²) < 4.78 is 24.4. The number of aliphatic carboxylic acids is 1. The molecular weight excluding hydrogens is 377 g/mol. The number of anilines is 1. The third kappa shape index (κ3) is 6.29. The van der Waals surface area contributed by atoms with Gasteiger partial charge in [-0.1, -0.05) is 18.2 Å². The normalized spacial score (nSPS) is 12.8. The van der Waals surface area contributed by atoms with Gasteiger partial charge in [-0.25, -0.2) is 9.18 Å². The van der Waals surface area contributed by atoms with Crippen LogP contribution in [-0.2, 0) is 20.7 Å². The summed E-state index contributed by atoms with van der Waals surface area (Å²) in [6, 6.07) is 12.7. The molecule has 0 bridgehead atoms. The van der Waals surface area contributed by atoms with E-state index in [1.54, 1.807) is 50.2 Å². The first-order chi connectivity index (χ1) is 13.8. The molecule has 29 heavy (non-hydrogen) atoms. The van der Waals surface area contributed by atoms with Crippen LogP contribution in [0.15, 0.2) is 48.5 Å². The van der Waals surface area contributed by atoms with Crippen molar-refractivity contribution >= 4 is 17.6 Å². The average Bonchev–Trinajstić information content (AvgIpc) is 2.69. The van der Waals surface area contributed by atoms with E-state index in [1.807, 2.05) is 6.92 Å². The van der Waals surface area contributed by atoms with Crippen LogP contribution in [-0.4, -0.2) is 42.3 Å². The second kappa shape index (κ2) is 10.6. The topological polar surface area (TPSA) is 76.1 Å². The average molecular weight is 403 g/mol. The predicted molar refractivity (Wildman–Crippen MR) is 108 cm³/mol. The number of carbonyl (C=O) groups excluding carboxylic acids is 1. The van der Waals surface area contributed by atoms with E-state index >= 15 is 0 Å². The van der Waals surface area contributed by atoms with Gasteiger partial charge in [-0.05, 0) is 56.7 Å². The van der Waals surface area contributed by atoms with Gasteiger partial charge in [0.1, 0.15) is 11.6 Å². The Kier molecular flexibility index (Phi) is 8.15. The van der Waals surface area contributed by atoms with Crippen LogP contribution in [0.2, 0.25) is 0 Å². The maximum absolute atomic E-state index is 13.5. The van der Waals surface area contributed by atoms with Crippen molar-refractivity contribution in [1.82, 2.24) is 0 Å². The minimum Gasteiger partial charge on any atom is -0.481 e. The molecule has 7 heteroatoms. The molecule has 0 spiro atoms. The van der Waals surface area contributed by atoms with Crippen LogP contribution in [0.25, 0.3) is 0 Å². The van der Waals surface area contributed by atoms with Crippen LogP contribution >= 0.6 is 0 Å². The Morgan fingerprint density at radius 1 is 1.14 bits per heavy atom. The van der Waals surface area contributed by atoms with Gasteiger partial charge in [-0.15, -0.1) is 0 Å². The van der Waals surface area contributed by atoms with Crippen molar-refractivity contribution in [3.8, 4) is 5.75 Å². The molecule has 2 unspecified atom stereocenters. The van der Waals surface area contributed by atoms with E-state index < -0.39 is 24.0 Å². The molecule has 0 aromatic heterocycles. The van der Waals surface area contributed by atoms with Gasteiger partial charge in [0.2, 0.25) is 0 Å². The maximum Gasteiger partial charge on any atom is 0.333 e. The van der Waals surface area contributed by atoms with Crippen LogP contribution in [0, 0.1) is 5.82 Å². The highest BCUT2D eigenvalue weighted by Gasteiger charge is 2.23. The minimum absolute atomic E-state index is 0.237. The summed E-state index contributed by atoms with van der Waals surface area (Å²) in [5, 5.41) is 9.17. The summed E-state index contributed by atoms with van der Waals surface area (Å²) in [6.07, 6.45) is -1.45. The molecule has 0 fully saturated rings. The monoisotopic (exact) mass is 403 g/mol. The molecule has 0 heterocycles. The number of hydrogen-bond donors (Lipinski definition) is 1. The molecule has 1 amide bonds. The Labute approximate surface area is 169 Å². The van der Waals surface area contributed by atoms with Gasteiger partial charge in [0, 0.05) is 25.3 Å². The SMILES string of the molecule is CCOC(Cc1ccc(OC(C)C(=O)N(CC)c2cccc(F)c2)cc1)C(=O)O. The number of hydrogen-bond acceptors (Lipinski definition) is 4. The van der Waals surface area contributed by atoms with Gasteiger partial charge < -0.3 is 19.5 Å². The lowest BCUT2D eigenvalue weighted by Crippen LogP contribution is -2.40. The number of carbonyl (C=O) groups is 2. The zero-order valence-electron chi connectivity index (χ0n) is 16.8. The number of amides is 1. The minimum atomic E-state index is -1.01. The lowest BCUT2D eigenvalue weighted by Gasteiger charge is -2.25. The highest BCUT2D eigenvalue weighted by Crippen LogP contribution is 2.20. The van der Waals surface area contributed by atoms with Gasteiger partial charge in [0.05, 0.1) is 0 Å². The van der Waals surface area contributed by atoms with Crippen molar-refractivity contribution in [3.63, 3.8) is 0 Å². The van der Waals surface area contributed by atoms with Crippen LogP contribution in [0.5, 0.6) is 5.75 Å². The molecule has 156 valence electrons. The molecule has 6 nitrogen and oxygen atoms in total. The van der Waals surface area contributed by atoms with Crippen LogP contribution < -0.4 is 9.64 Å². The third-order valence-corrected chi connectivity index (χ3v) is 4.35. The molecule has 1 N–H and O–H groups in total. The van der Waals surface area contributed by atoms with Crippen LogP contribution in [0.4, 0.5) is 10.1 Å². The predicted octanol–water partition coefficient (Wildman–Crippen LogP) is 3.68. The lowest BCUT2D eigenvalue weighted by atomic mass is 10.1. The summed E-state index contributed by atoms with van der Waals surface area (Å²) >= 11 is 0. The number of carboxylic acid groups (broad SMARTS) is 1. The first kappa shape index (κ1) is 22.4. The fourth-order valence-electron chi connectivity index (χ4n) is 2.92. The Morgan fingerprint density at radius 2 is 1.83 bits per heavy atom. The Morgan fingerprint density at radius 3 is 2.38 bits per heavy atom. The van der Waals surface area contributed by atoms with Crippen molar-refractivity contribution in [2.45, 2.75) is 39.4 Å². The second-order valence-corrected chi connectivity index (χ2v) is 6.45. The van der Waals surface area contributed by atoms with E-state index in [-0.39, 0.29) is 12.3 Å². The molecule has 0 aliphatic heterocycles. The van der Waals surface area contributed by atoms with Gasteiger partial charge in [0.25, 0.3) is 5.91 Å². The first-order valence-electron chi connectivity index (χ1n) is 9.52. The molecule has 0 aliphatic rings. The van der Waals surface area contributed by atoms with E-state index in [0.717, 1.165) is 5.56 Å². The van der Waals surface area contributed by atoms with Crippen molar-refractivity contribution < 1.29 is 28.6 Å². The fourth-order valence-corrected chi connectivity index (χ4v) is 2.92. The van der Waals surface area contributed by atoms with Crippen LogP contribution in [0.1, 0.15) is 26.3 Å². The zero-order chi connectivity index (χ0) is 21.4. The maximum atomic E-state index is 13.5. The molecule has 2 rings (SSSR count). The Hall–Kier alpha value is -2.93. The number of halogens is 1. The van der Waals surface area contributed by atoms with Crippen molar-refractivity contribution in [1.29, 1.82) is 0 Å². The summed E-state index contributed by atoms with van der Waals surface area (Å²) in [7, 11) is 0. The Balaban J connectivity index is 2.03. The third-order valence-electron chi connectivity index (χ3n) is 4.35. The van der Waals surface area contributed by atoms with Gasteiger partial charge in [0.15, 0.2) is 12.2 Å². The molecule has 2 aromatic rings. The molecular formula is C22H26FNO5. The molecule has 0 aliphatic carbocycles. The van der Waals surface area contributed by atoms with E-state index in [2.05, 4.69) is 0 Å². The van der Waals surface area contributed by atoms with Crippen LogP contribution in [0.3, 0.4) is 0 Å². The summed E-state index contributed by atoms with van der Waals surface area (Å²) in [6.45, 7) is 5.88. The highest BCUT2D eigenvalue weighted by molar-refractivity contribution is 5.96. The molecule has 0 saturated carbocycles. The highest BCUT2D eigenvalue weighted by atomic mass is 19.1. The number of likely N-dealkylation sites (N-methyl/N-ethyl adjacent to an activating group) is 1. The van der Waals surface area contributed by atoms with Crippen molar-refractivity contribution in [2.75, 3.05) is 18.1 Å². The second-order valence-electron chi connectivity index (χ2n) is 6.45. The molecule has 2 atom stereocenters. The van der Waals surface area contributed by atoms with E-state index in [1.165, 1.54) is 17.0 Å². The summed E-state index contributed by atoms with van der Waals surface area (Å²) in [5.41, 5.74) is 1.26. The summed E-state index contributed by atoms with van der Waals surface area (Å²) in [4.78, 5) is 25.4. The number of ether oxygens (including phenoxy) is 2. The van der Waals surface area contributed by atoms with E-state index in [9.17, 15) is 19.1 Å². The van der Waals surface area contributed by atoms with Gasteiger partial charge >= 0.3 is 5.97 Å². The number of carboxylic acids is 1. The largest absolute Gasteiger partial charge is 0.481 e. The first-order valence-corrected chi connectivity index (χ1v) is 9.52. The van der Waals surface area contributed by atoms with E-state index in [4.69, 9.17) is 9.47 Å². The standard InChI is InChI=1S/C22H26FNO5/c1-4-24(18-8-6-7-17(23)14-18)21(25)15(3)29-19-11-9-16(10-12-19)13-20(22(26)27)28-5-2/h6-12,14-15,20H,4-5,13H2,1-3H3,(H,26,27). The molecule has 0 radical (unpaired) electrons. The van der Waals surface area contributed by atoms with Gasteiger partial charge in [-0.2, -0.15) is 0 Å². The quantitative estimate of drug-likeness (QED) is 0.655. The Bertz CT molecular complexity index is 824. The van der Waals surface area contributed by atoms with Crippen molar-refractivity contribution in [3.05, 3.63) is 59.9 Å².